The average Bonchev–Trinajstić information content (AvgIpc) is 2.51. The summed E-state index contributed by atoms with van der Waals surface area (Å²) >= 11 is 0. The van der Waals surface area contributed by atoms with Crippen molar-refractivity contribution in [2.75, 3.05) is 6.61 Å². The van der Waals surface area contributed by atoms with Crippen LogP contribution in [0.2, 0.25) is 0 Å². The predicted octanol–water partition coefficient (Wildman–Crippen LogP) is 6.05. The van der Waals surface area contributed by atoms with Gasteiger partial charge in [0.05, 0.1) is 6.61 Å². The van der Waals surface area contributed by atoms with Gasteiger partial charge in [0.15, 0.2) is 0 Å². The van der Waals surface area contributed by atoms with Gasteiger partial charge in [-0.15, -0.1) is 0 Å². The molecule has 0 spiro atoms. The summed E-state index contributed by atoms with van der Waals surface area (Å²) < 4.78 is 4.94. The lowest BCUT2D eigenvalue weighted by atomic mass is 9.95. The van der Waals surface area contributed by atoms with Crippen LogP contribution in [0.25, 0.3) is 0 Å². The second-order valence-corrected chi connectivity index (χ2v) is 6.02. The summed E-state index contributed by atoms with van der Waals surface area (Å²) in [5.41, 5.74) is 0. The number of carbonyl (C=O) groups is 1. The number of unbranched alkanes of at least 4 members (excludes halogenated alkanes) is 8. The maximum atomic E-state index is 10.8. The molecule has 0 fully saturated rings. The summed E-state index contributed by atoms with van der Waals surface area (Å²) in [6.07, 6.45) is 17.0. The smallest absolute Gasteiger partial charge is 0.330 e. The average molecular weight is 296 g/mol. The van der Waals surface area contributed by atoms with Gasteiger partial charge in [-0.2, -0.15) is 0 Å². The summed E-state index contributed by atoms with van der Waals surface area (Å²) in [5.74, 6) is 0.656. The van der Waals surface area contributed by atoms with Crippen LogP contribution in [0.4, 0.5) is 0 Å². The van der Waals surface area contributed by atoms with Crippen LogP contribution in [0.3, 0.4) is 0 Å². The zero-order chi connectivity index (χ0) is 15.8. The van der Waals surface area contributed by atoms with Crippen molar-refractivity contribution in [3.63, 3.8) is 0 Å². The van der Waals surface area contributed by atoms with Gasteiger partial charge in [-0.25, -0.2) is 4.79 Å². The Labute approximate surface area is 132 Å². The van der Waals surface area contributed by atoms with E-state index in [2.05, 4.69) is 20.4 Å². The summed E-state index contributed by atoms with van der Waals surface area (Å²) in [4.78, 5) is 10.8. The maximum Gasteiger partial charge on any atom is 0.330 e. The maximum absolute atomic E-state index is 10.8. The van der Waals surface area contributed by atoms with Gasteiger partial charge in [0.2, 0.25) is 0 Å². The van der Waals surface area contributed by atoms with Crippen LogP contribution in [-0.2, 0) is 9.53 Å². The molecule has 2 heteroatoms. The Bertz CT molecular complexity index is 244. The first-order chi connectivity index (χ1) is 10.2. The van der Waals surface area contributed by atoms with Crippen molar-refractivity contribution >= 4 is 5.97 Å². The molecule has 0 heterocycles. The van der Waals surface area contributed by atoms with E-state index in [1.54, 1.807) is 0 Å². The van der Waals surface area contributed by atoms with E-state index in [1.807, 2.05) is 0 Å². The van der Waals surface area contributed by atoms with Crippen molar-refractivity contribution in [3.8, 4) is 0 Å². The minimum absolute atomic E-state index is 0.302. The van der Waals surface area contributed by atoms with Crippen LogP contribution in [0.5, 0.6) is 0 Å². The molecular weight excluding hydrogens is 260 g/mol. The molecule has 21 heavy (non-hydrogen) atoms. The van der Waals surface area contributed by atoms with Gasteiger partial charge >= 0.3 is 5.97 Å². The van der Waals surface area contributed by atoms with Gasteiger partial charge < -0.3 is 4.74 Å². The molecular formula is C19H36O2. The Kier molecular flexibility index (Phi) is 15.0. The molecule has 0 aromatic rings. The molecule has 0 aliphatic carbocycles. The molecule has 0 rings (SSSR count). The third-order valence-electron chi connectivity index (χ3n) is 4.32. The third-order valence-corrected chi connectivity index (χ3v) is 4.32. The van der Waals surface area contributed by atoms with Crippen LogP contribution in [0, 0.1) is 5.92 Å². The van der Waals surface area contributed by atoms with E-state index >= 15 is 0 Å². The summed E-state index contributed by atoms with van der Waals surface area (Å²) in [6, 6.07) is 0. The van der Waals surface area contributed by atoms with E-state index in [0.29, 0.717) is 6.61 Å². The Hall–Kier alpha value is -0.790. The van der Waals surface area contributed by atoms with Crippen molar-refractivity contribution in [1.82, 2.24) is 0 Å². The van der Waals surface area contributed by atoms with Crippen LogP contribution < -0.4 is 0 Å². The predicted molar refractivity (Wildman–Crippen MR) is 91.4 cm³/mol. The van der Waals surface area contributed by atoms with Gasteiger partial charge in [0.25, 0.3) is 0 Å². The molecule has 0 atom stereocenters. The molecule has 0 N–H and O–H groups in total. The monoisotopic (exact) mass is 296 g/mol. The highest BCUT2D eigenvalue weighted by molar-refractivity contribution is 5.81. The molecule has 124 valence electrons. The molecule has 0 aliphatic rings. The van der Waals surface area contributed by atoms with Crippen molar-refractivity contribution in [3.05, 3.63) is 12.7 Å². The molecule has 0 saturated carbocycles. The lowest BCUT2D eigenvalue weighted by molar-refractivity contribution is -0.137. The SMILES string of the molecule is C=CC(=O)OCCCCCCCCCCCC(CC)CC. The summed E-state index contributed by atoms with van der Waals surface area (Å²) in [5, 5.41) is 0. The first-order valence-corrected chi connectivity index (χ1v) is 9.03. The van der Waals surface area contributed by atoms with Gasteiger partial charge in [-0.3, -0.25) is 0 Å². The highest BCUT2D eigenvalue weighted by atomic mass is 16.5. The van der Waals surface area contributed by atoms with Crippen LogP contribution in [0.15, 0.2) is 12.7 Å². The highest BCUT2D eigenvalue weighted by Crippen LogP contribution is 2.18. The zero-order valence-electron chi connectivity index (χ0n) is 14.4. The fourth-order valence-corrected chi connectivity index (χ4v) is 2.70. The Morgan fingerprint density at radius 3 is 1.86 bits per heavy atom. The summed E-state index contributed by atoms with van der Waals surface area (Å²) in [6.45, 7) is 8.54. The van der Waals surface area contributed by atoms with E-state index in [9.17, 15) is 4.79 Å². The second kappa shape index (κ2) is 15.6. The Morgan fingerprint density at radius 2 is 1.38 bits per heavy atom. The van der Waals surface area contributed by atoms with Gasteiger partial charge in [-0.1, -0.05) is 91.1 Å². The molecule has 0 aromatic heterocycles. The molecule has 0 unspecified atom stereocenters. The highest BCUT2D eigenvalue weighted by Gasteiger charge is 2.02. The molecule has 2 nitrogen and oxygen atoms in total. The van der Waals surface area contributed by atoms with E-state index in [0.717, 1.165) is 12.3 Å². The summed E-state index contributed by atoms with van der Waals surface area (Å²) in [7, 11) is 0. The minimum atomic E-state index is -0.302. The lowest BCUT2D eigenvalue weighted by Crippen LogP contribution is -2.01. The number of hydrogen-bond donors (Lipinski definition) is 0. The fourth-order valence-electron chi connectivity index (χ4n) is 2.70. The first-order valence-electron chi connectivity index (χ1n) is 9.03. The quantitative estimate of drug-likeness (QED) is 0.209. The topological polar surface area (TPSA) is 26.3 Å². The van der Waals surface area contributed by atoms with Crippen LogP contribution in [0.1, 0.15) is 90.9 Å². The first kappa shape index (κ1) is 20.2. The molecule has 0 amide bonds. The number of carbonyl (C=O) groups excluding carboxylic acids is 1. The number of esters is 1. The molecule has 0 aromatic carbocycles. The Balaban J connectivity index is 3.12. The van der Waals surface area contributed by atoms with Gasteiger partial charge in [-0.05, 0) is 12.3 Å². The number of ether oxygens (including phenoxy) is 1. The largest absolute Gasteiger partial charge is 0.463 e. The molecule has 0 saturated heterocycles. The zero-order valence-corrected chi connectivity index (χ0v) is 14.4. The van der Waals surface area contributed by atoms with Crippen molar-refractivity contribution in [2.45, 2.75) is 90.9 Å². The normalized spacial score (nSPS) is 10.8. The van der Waals surface area contributed by atoms with Crippen molar-refractivity contribution in [1.29, 1.82) is 0 Å². The molecule has 0 aliphatic heterocycles. The lowest BCUT2D eigenvalue weighted by Gasteiger charge is -2.11. The standard InChI is InChI=1S/C19H36O2/c1-4-18(5-2)16-14-12-10-8-7-9-11-13-15-17-21-19(20)6-3/h6,18H,3-5,7-17H2,1-2H3. The third kappa shape index (κ3) is 13.9. The van der Waals surface area contributed by atoms with Crippen LogP contribution in [-0.4, -0.2) is 12.6 Å². The van der Waals surface area contributed by atoms with Crippen LogP contribution >= 0.6 is 0 Å². The molecule has 0 radical (unpaired) electrons. The second-order valence-electron chi connectivity index (χ2n) is 6.02. The number of rotatable bonds is 15. The minimum Gasteiger partial charge on any atom is -0.463 e. The van der Waals surface area contributed by atoms with E-state index < -0.39 is 0 Å². The number of hydrogen-bond acceptors (Lipinski definition) is 2. The molecule has 0 bridgehead atoms. The van der Waals surface area contributed by atoms with E-state index in [1.165, 1.54) is 76.7 Å². The Morgan fingerprint density at radius 1 is 0.905 bits per heavy atom. The van der Waals surface area contributed by atoms with E-state index in [-0.39, 0.29) is 5.97 Å². The van der Waals surface area contributed by atoms with Gasteiger partial charge in [0, 0.05) is 6.08 Å². The van der Waals surface area contributed by atoms with E-state index in [4.69, 9.17) is 4.74 Å². The van der Waals surface area contributed by atoms with Gasteiger partial charge in [0.1, 0.15) is 0 Å². The fraction of sp³-hybridized carbons (Fsp3) is 0.842. The van der Waals surface area contributed by atoms with Crippen molar-refractivity contribution in [2.24, 2.45) is 5.92 Å². The van der Waals surface area contributed by atoms with Crippen molar-refractivity contribution < 1.29 is 9.53 Å².